The topological polar surface area (TPSA) is 75.4 Å². The van der Waals surface area contributed by atoms with Crippen molar-refractivity contribution >= 4 is 40.7 Å². The lowest BCUT2D eigenvalue weighted by Crippen LogP contribution is -2.54. The fourth-order valence-corrected chi connectivity index (χ4v) is 2.78. The highest BCUT2D eigenvalue weighted by Gasteiger charge is 2.32. The second kappa shape index (κ2) is 8.52. The molecule has 5 nitrogen and oxygen atoms in total. The first kappa shape index (κ1) is 19.7. The molecule has 0 heterocycles. The van der Waals surface area contributed by atoms with Crippen molar-refractivity contribution in [2.24, 2.45) is 5.73 Å². The number of hydrogen-bond donors (Lipinski definition) is 2. The summed E-state index contributed by atoms with van der Waals surface area (Å²) in [5.74, 6) is -0.621. The Kier molecular flexibility index (Phi) is 7.32. The number of nitrogens with two attached hydrogens (primary N) is 1. The maximum Gasteiger partial charge on any atom is 0.244 e. The second-order valence-electron chi connectivity index (χ2n) is 5.63. The minimum atomic E-state index is -0.979. The maximum atomic E-state index is 12.5. The Morgan fingerprint density at radius 1 is 1.26 bits per heavy atom. The van der Waals surface area contributed by atoms with E-state index in [1.807, 2.05) is 6.92 Å². The van der Waals surface area contributed by atoms with Gasteiger partial charge in [-0.3, -0.25) is 9.59 Å². The summed E-state index contributed by atoms with van der Waals surface area (Å²) < 4.78 is 0. The van der Waals surface area contributed by atoms with E-state index in [1.165, 1.54) is 4.90 Å². The molecule has 128 valence electrons. The molecule has 0 saturated carbocycles. The van der Waals surface area contributed by atoms with Gasteiger partial charge in [-0.2, -0.15) is 0 Å². The molecule has 0 radical (unpaired) electrons. The van der Waals surface area contributed by atoms with Crippen molar-refractivity contribution in [1.82, 2.24) is 4.90 Å². The van der Waals surface area contributed by atoms with Crippen molar-refractivity contribution in [3.63, 3.8) is 0 Å². The summed E-state index contributed by atoms with van der Waals surface area (Å²) in [6.45, 7) is 5.73. The molecule has 0 aliphatic rings. The third-order valence-electron chi connectivity index (χ3n) is 3.49. The average molecular weight is 360 g/mol. The van der Waals surface area contributed by atoms with Gasteiger partial charge in [-0.05, 0) is 32.4 Å². The molecule has 0 bridgehead atoms. The molecular formula is C16H23Cl2N3O2. The summed E-state index contributed by atoms with van der Waals surface area (Å²) in [6, 6.07) is 4.95. The zero-order valence-electron chi connectivity index (χ0n) is 13.7. The van der Waals surface area contributed by atoms with Crippen LogP contribution in [0.25, 0.3) is 0 Å². The van der Waals surface area contributed by atoms with Gasteiger partial charge in [0.25, 0.3) is 0 Å². The molecule has 1 aromatic rings. The largest absolute Gasteiger partial charge is 0.332 e. The van der Waals surface area contributed by atoms with Crippen molar-refractivity contribution in [2.45, 2.75) is 39.2 Å². The summed E-state index contributed by atoms with van der Waals surface area (Å²) >= 11 is 12.0. The summed E-state index contributed by atoms with van der Waals surface area (Å²) in [7, 11) is 0. The summed E-state index contributed by atoms with van der Waals surface area (Å²) in [6.07, 6.45) is 1.35. The van der Waals surface area contributed by atoms with Gasteiger partial charge in [-0.25, -0.2) is 0 Å². The van der Waals surface area contributed by atoms with E-state index in [2.05, 4.69) is 5.32 Å². The number of halogens is 2. The van der Waals surface area contributed by atoms with Crippen LogP contribution >= 0.6 is 23.2 Å². The van der Waals surface area contributed by atoms with Crippen LogP contribution in [0.15, 0.2) is 18.2 Å². The molecule has 1 atom stereocenters. The van der Waals surface area contributed by atoms with Crippen molar-refractivity contribution < 1.29 is 9.59 Å². The smallest absolute Gasteiger partial charge is 0.244 e. The number of nitrogens with zero attached hydrogens (tertiary/aromatic N) is 1. The molecule has 0 aliphatic carbocycles. The van der Waals surface area contributed by atoms with Crippen LogP contribution in [0.1, 0.15) is 33.6 Å². The van der Waals surface area contributed by atoms with Crippen molar-refractivity contribution in [2.75, 3.05) is 18.4 Å². The lowest BCUT2D eigenvalue weighted by Gasteiger charge is -2.30. The van der Waals surface area contributed by atoms with Gasteiger partial charge in [0.05, 0.1) is 27.8 Å². The lowest BCUT2D eigenvalue weighted by molar-refractivity contribution is -0.139. The first-order valence-corrected chi connectivity index (χ1v) is 8.30. The van der Waals surface area contributed by atoms with Crippen LogP contribution in [0.2, 0.25) is 10.0 Å². The van der Waals surface area contributed by atoms with Crippen LogP contribution in [-0.2, 0) is 9.59 Å². The van der Waals surface area contributed by atoms with Gasteiger partial charge < -0.3 is 16.0 Å². The Hall–Kier alpha value is -1.30. The number of benzene rings is 1. The third kappa shape index (κ3) is 5.37. The van der Waals surface area contributed by atoms with E-state index >= 15 is 0 Å². The van der Waals surface area contributed by atoms with E-state index in [1.54, 1.807) is 32.0 Å². The molecule has 0 fully saturated rings. The van der Waals surface area contributed by atoms with Crippen molar-refractivity contribution in [3.05, 3.63) is 28.2 Å². The number of amides is 2. The number of hydrogen-bond acceptors (Lipinski definition) is 3. The second-order valence-corrected chi connectivity index (χ2v) is 6.45. The Morgan fingerprint density at radius 2 is 1.83 bits per heavy atom. The van der Waals surface area contributed by atoms with Gasteiger partial charge in [-0.1, -0.05) is 42.6 Å². The number of nitrogens with one attached hydrogen (secondary N) is 1. The summed E-state index contributed by atoms with van der Waals surface area (Å²) in [5, 5.41) is 3.33. The first-order valence-electron chi connectivity index (χ1n) is 7.55. The molecule has 0 aromatic heterocycles. The molecule has 7 heteroatoms. The minimum Gasteiger partial charge on any atom is -0.332 e. The van der Waals surface area contributed by atoms with E-state index in [0.717, 1.165) is 6.42 Å². The fraction of sp³-hybridized carbons (Fsp3) is 0.500. The minimum absolute atomic E-state index is 0.104. The number of likely N-dealkylation sites (N-methyl/N-ethyl adjacent to an activating group) is 1. The standard InChI is InChI=1S/C16H23Cl2N3O2/c1-4-9-16(3,19)15(23)21(5-2)10-13(22)20-14-11(17)7-6-8-12(14)18/h6-8H,4-5,9-10,19H2,1-3H3,(H,20,22). The Bertz CT molecular complexity index is 556. The van der Waals surface area contributed by atoms with Crippen LogP contribution in [0.4, 0.5) is 5.69 Å². The van der Waals surface area contributed by atoms with Gasteiger partial charge in [0.1, 0.15) is 0 Å². The van der Waals surface area contributed by atoms with Crippen molar-refractivity contribution in [3.8, 4) is 0 Å². The summed E-state index contributed by atoms with van der Waals surface area (Å²) in [5.41, 5.74) is 5.42. The van der Waals surface area contributed by atoms with E-state index in [-0.39, 0.29) is 18.4 Å². The van der Waals surface area contributed by atoms with Crippen LogP contribution in [0.3, 0.4) is 0 Å². The molecule has 1 unspecified atom stereocenters. The molecule has 23 heavy (non-hydrogen) atoms. The SMILES string of the molecule is CCCC(C)(N)C(=O)N(CC)CC(=O)Nc1c(Cl)cccc1Cl. The number of rotatable bonds is 7. The van der Waals surface area contributed by atoms with Crippen LogP contribution in [0, 0.1) is 0 Å². The highest BCUT2D eigenvalue weighted by molar-refractivity contribution is 6.39. The molecule has 2 amide bonds. The van der Waals surface area contributed by atoms with E-state index < -0.39 is 5.54 Å². The van der Waals surface area contributed by atoms with E-state index in [9.17, 15) is 9.59 Å². The van der Waals surface area contributed by atoms with Gasteiger partial charge in [-0.15, -0.1) is 0 Å². The number of para-hydroxylation sites is 1. The summed E-state index contributed by atoms with van der Waals surface area (Å²) in [4.78, 5) is 26.1. The highest BCUT2D eigenvalue weighted by Crippen LogP contribution is 2.29. The highest BCUT2D eigenvalue weighted by atomic mass is 35.5. The van der Waals surface area contributed by atoms with Crippen molar-refractivity contribution in [1.29, 1.82) is 0 Å². The van der Waals surface area contributed by atoms with Crippen LogP contribution < -0.4 is 11.1 Å². The van der Waals surface area contributed by atoms with E-state index in [4.69, 9.17) is 28.9 Å². The molecule has 0 saturated heterocycles. The maximum absolute atomic E-state index is 12.5. The number of anilines is 1. The molecule has 3 N–H and O–H groups in total. The molecule has 1 rings (SSSR count). The van der Waals surface area contributed by atoms with Gasteiger partial charge >= 0.3 is 0 Å². The third-order valence-corrected chi connectivity index (χ3v) is 4.12. The lowest BCUT2D eigenvalue weighted by atomic mass is 9.95. The zero-order chi connectivity index (χ0) is 17.6. The zero-order valence-corrected chi connectivity index (χ0v) is 15.2. The average Bonchev–Trinajstić information content (AvgIpc) is 2.48. The molecule has 1 aromatic carbocycles. The quantitative estimate of drug-likeness (QED) is 0.783. The van der Waals surface area contributed by atoms with Crippen LogP contribution in [-0.4, -0.2) is 35.3 Å². The predicted molar refractivity (Wildman–Crippen MR) is 94.8 cm³/mol. The van der Waals surface area contributed by atoms with Gasteiger partial charge in [0.2, 0.25) is 11.8 Å². The Balaban J connectivity index is 2.80. The first-order chi connectivity index (χ1) is 10.7. The van der Waals surface area contributed by atoms with Gasteiger partial charge in [0.15, 0.2) is 0 Å². The monoisotopic (exact) mass is 359 g/mol. The molecular weight excluding hydrogens is 337 g/mol. The van der Waals surface area contributed by atoms with Gasteiger partial charge in [0, 0.05) is 6.54 Å². The Morgan fingerprint density at radius 3 is 2.30 bits per heavy atom. The van der Waals surface area contributed by atoms with Crippen LogP contribution in [0.5, 0.6) is 0 Å². The molecule has 0 spiro atoms. The molecule has 0 aliphatic heterocycles. The number of carbonyl (C=O) groups excluding carboxylic acids is 2. The normalized spacial score (nSPS) is 13.3. The fourth-order valence-electron chi connectivity index (χ4n) is 2.28. The van der Waals surface area contributed by atoms with E-state index in [0.29, 0.717) is 28.7 Å². The predicted octanol–water partition coefficient (Wildman–Crippen LogP) is 3.30. The Labute approximate surface area is 147 Å². The number of carbonyl (C=O) groups is 2.